The minimum Gasteiger partial charge on any atom is -0.307 e. The second-order valence-electron chi connectivity index (χ2n) is 5.03. The Morgan fingerprint density at radius 2 is 2.05 bits per heavy atom. The molecule has 0 atom stereocenters. The number of hydrogen-bond donors (Lipinski definition) is 0. The highest BCUT2D eigenvalue weighted by Crippen LogP contribution is 2.22. The number of rotatable bonds is 3. The molecule has 0 aliphatic carbocycles. The number of pyridine rings is 1. The third-order valence-corrected chi connectivity index (χ3v) is 3.65. The summed E-state index contributed by atoms with van der Waals surface area (Å²) >= 11 is 6.02. The lowest BCUT2D eigenvalue weighted by molar-refractivity contribution is 0.583. The highest BCUT2D eigenvalue weighted by atomic mass is 35.5. The van der Waals surface area contributed by atoms with E-state index in [4.69, 9.17) is 16.9 Å². The minimum atomic E-state index is -0.466. The monoisotopic (exact) mass is 304 g/mol. The van der Waals surface area contributed by atoms with Gasteiger partial charge in [-0.3, -0.25) is 4.79 Å². The van der Waals surface area contributed by atoms with Gasteiger partial charge in [0.25, 0.3) is 5.56 Å². The van der Waals surface area contributed by atoms with E-state index in [1.165, 1.54) is 22.8 Å². The summed E-state index contributed by atoms with van der Waals surface area (Å²) in [6, 6.07) is 9.47. The first kappa shape index (κ1) is 15.3. The fourth-order valence-electron chi connectivity index (χ4n) is 2.19. The molecule has 21 heavy (non-hydrogen) atoms. The smallest absolute Gasteiger partial charge is 0.268 e. The normalized spacial score (nSPS) is 10.7. The molecule has 1 aromatic carbocycles. The Hall–Kier alpha value is -2.12. The number of nitriles is 1. The van der Waals surface area contributed by atoms with Crippen molar-refractivity contribution in [2.75, 3.05) is 0 Å². The molecule has 0 bridgehead atoms. The van der Waals surface area contributed by atoms with E-state index in [1.807, 2.05) is 19.9 Å². The van der Waals surface area contributed by atoms with Crippen LogP contribution in [0.2, 0.25) is 5.02 Å². The molecule has 5 heteroatoms. The van der Waals surface area contributed by atoms with Crippen molar-refractivity contribution in [1.29, 1.82) is 5.26 Å². The van der Waals surface area contributed by atoms with E-state index in [2.05, 4.69) is 0 Å². The second kappa shape index (κ2) is 6.11. The molecule has 0 saturated carbocycles. The molecule has 0 unspecified atom stereocenters. The van der Waals surface area contributed by atoms with Gasteiger partial charge in [-0.1, -0.05) is 31.5 Å². The van der Waals surface area contributed by atoms with Gasteiger partial charge in [-0.2, -0.15) is 5.26 Å². The molecule has 0 spiro atoms. The Labute approximate surface area is 127 Å². The fourth-order valence-corrected chi connectivity index (χ4v) is 2.41. The fraction of sp³-hybridized carbons (Fsp3) is 0.250. The summed E-state index contributed by atoms with van der Waals surface area (Å²) in [7, 11) is 0. The van der Waals surface area contributed by atoms with Gasteiger partial charge >= 0.3 is 0 Å². The van der Waals surface area contributed by atoms with E-state index in [0.717, 1.165) is 5.69 Å². The van der Waals surface area contributed by atoms with Crippen LogP contribution in [0.4, 0.5) is 4.39 Å². The minimum absolute atomic E-state index is 0.00731. The van der Waals surface area contributed by atoms with E-state index in [-0.39, 0.29) is 28.6 Å². The maximum absolute atomic E-state index is 13.9. The first-order valence-corrected chi connectivity index (χ1v) is 6.90. The number of aromatic nitrogens is 1. The molecular weight excluding hydrogens is 291 g/mol. The van der Waals surface area contributed by atoms with Gasteiger partial charge in [0.2, 0.25) is 0 Å². The summed E-state index contributed by atoms with van der Waals surface area (Å²) in [5.74, 6) is -0.401. The highest BCUT2D eigenvalue weighted by Gasteiger charge is 2.15. The summed E-state index contributed by atoms with van der Waals surface area (Å²) in [5, 5.41) is 9.25. The molecule has 0 aliphatic rings. The van der Waals surface area contributed by atoms with Crippen LogP contribution in [-0.4, -0.2) is 4.57 Å². The Bertz CT molecular complexity index is 755. The number of benzene rings is 1. The molecule has 0 amide bonds. The van der Waals surface area contributed by atoms with Crippen molar-refractivity contribution in [3.8, 4) is 6.07 Å². The second-order valence-corrected chi connectivity index (χ2v) is 5.44. The Kier molecular flexibility index (Phi) is 4.44. The van der Waals surface area contributed by atoms with Gasteiger partial charge in [0.1, 0.15) is 17.4 Å². The first-order chi connectivity index (χ1) is 9.95. The zero-order valence-corrected chi connectivity index (χ0v) is 12.5. The number of halogens is 2. The molecule has 0 radical (unpaired) electrons. The van der Waals surface area contributed by atoms with Gasteiger partial charge < -0.3 is 4.57 Å². The van der Waals surface area contributed by atoms with Crippen molar-refractivity contribution in [1.82, 2.24) is 4.57 Å². The lowest BCUT2D eigenvalue weighted by Gasteiger charge is -2.17. The van der Waals surface area contributed by atoms with Crippen LogP contribution in [0, 0.1) is 17.1 Å². The van der Waals surface area contributed by atoms with E-state index < -0.39 is 11.4 Å². The topological polar surface area (TPSA) is 45.8 Å². The Morgan fingerprint density at radius 1 is 1.33 bits per heavy atom. The van der Waals surface area contributed by atoms with Crippen LogP contribution >= 0.6 is 11.6 Å². The van der Waals surface area contributed by atoms with Crippen LogP contribution < -0.4 is 5.56 Å². The molecule has 0 N–H and O–H groups in total. The van der Waals surface area contributed by atoms with Crippen molar-refractivity contribution in [2.45, 2.75) is 26.3 Å². The van der Waals surface area contributed by atoms with Crippen molar-refractivity contribution >= 4 is 11.6 Å². The van der Waals surface area contributed by atoms with Crippen LogP contribution in [0.3, 0.4) is 0 Å². The van der Waals surface area contributed by atoms with Crippen molar-refractivity contribution in [3.63, 3.8) is 0 Å². The lowest BCUT2D eigenvalue weighted by Crippen LogP contribution is -2.27. The summed E-state index contributed by atoms with van der Waals surface area (Å²) in [5.41, 5.74) is 0.589. The molecule has 0 aliphatic heterocycles. The maximum atomic E-state index is 13.9. The Morgan fingerprint density at radius 3 is 2.62 bits per heavy atom. The molecule has 108 valence electrons. The predicted octanol–water partition coefficient (Wildman–Crippen LogP) is 3.68. The first-order valence-electron chi connectivity index (χ1n) is 6.52. The third kappa shape index (κ3) is 2.98. The maximum Gasteiger partial charge on any atom is 0.268 e. The molecule has 2 rings (SSSR count). The van der Waals surface area contributed by atoms with Gasteiger partial charge in [-0.05, 0) is 30.2 Å². The average Bonchev–Trinajstić information content (AvgIpc) is 2.44. The SMILES string of the molecule is CC(C)c1ccc(C#N)c(=O)n1Cc1c(F)cccc1Cl. The van der Waals surface area contributed by atoms with Crippen LogP contribution in [-0.2, 0) is 6.54 Å². The average molecular weight is 305 g/mol. The van der Waals surface area contributed by atoms with Crippen molar-refractivity contribution < 1.29 is 4.39 Å². The molecule has 3 nitrogen and oxygen atoms in total. The zero-order valence-electron chi connectivity index (χ0n) is 11.7. The quantitative estimate of drug-likeness (QED) is 0.868. The number of hydrogen-bond acceptors (Lipinski definition) is 2. The molecule has 0 saturated heterocycles. The van der Waals surface area contributed by atoms with E-state index >= 15 is 0 Å². The lowest BCUT2D eigenvalue weighted by atomic mass is 10.1. The molecule has 1 aromatic heterocycles. The van der Waals surface area contributed by atoms with Gasteiger partial charge in [-0.25, -0.2) is 4.39 Å². The van der Waals surface area contributed by atoms with Crippen molar-refractivity contribution in [3.05, 3.63) is 68.3 Å². The summed E-state index contributed by atoms with van der Waals surface area (Å²) in [6.07, 6.45) is 0. The van der Waals surface area contributed by atoms with Gasteiger partial charge in [0, 0.05) is 16.3 Å². The van der Waals surface area contributed by atoms with Gasteiger partial charge in [-0.15, -0.1) is 0 Å². The van der Waals surface area contributed by atoms with Crippen molar-refractivity contribution in [2.24, 2.45) is 0 Å². The summed E-state index contributed by atoms with van der Waals surface area (Å²) < 4.78 is 15.3. The number of nitrogens with zero attached hydrogens (tertiary/aromatic N) is 2. The van der Waals surface area contributed by atoms with Crippen LogP contribution in [0.5, 0.6) is 0 Å². The van der Waals surface area contributed by atoms with Crippen LogP contribution in [0.25, 0.3) is 0 Å². The third-order valence-electron chi connectivity index (χ3n) is 3.30. The molecule has 2 aromatic rings. The van der Waals surface area contributed by atoms with E-state index in [1.54, 1.807) is 12.1 Å². The van der Waals surface area contributed by atoms with Crippen LogP contribution in [0.15, 0.2) is 35.1 Å². The Balaban J connectivity index is 2.63. The molecule has 1 heterocycles. The zero-order chi connectivity index (χ0) is 15.6. The molecular formula is C16H14ClFN2O. The molecule has 0 fully saturated rings. The summed E-state index contributed by atoms with van der Waals surface area (Å²) in [6.45, 7) is 3.87. The van der Waals surface area contributed by atoms with Gasteiger partial charge in [0.05, 0.1) is 6.54 Å². The standard InChI is InChI=1S/C16H14ClFN2O/c1-10(2)15-7-6-11(8-19)16(21)20(15)9-12-13(17)4-3-5-14(12)18/h3-7,10H,9H2,1-2H3. The van der Waals surface area contributed by atoms with Crippen LogP contribution in [0.1, 0.15) is 36.6 Å². The van der Waals surface area contributed by atoms with Gasteiger partial charge in [0.15, 0.2) is 0 Å². The largest absolute Gasteiger partial charge is 0.307 e. The van der Waals surface area contributed by atoms with E-state index in [9.17, 15) is 9.18 Å². The highest BCUT2D eigenvalue weighted by molar-refractivity contribution is 6.31. The summed E-state index contributed by atoms with van der Waals surface area (Å²) in [4.78, 5) is 12.3. The predicted molar refractivity (Wildman–Crippen MR) is 80.0 cm³/mol. The van der Waals surface area contributed by atoms with E-state index in [0.29, 0.717) is 0 Å².